The maximum absolute atomic E-state index is 13.3. The maximum atomic E-state index is 13.3. The molecule has 0 spiro atoms. The number of carbonyl (C=O) groups excluding carboxylic acids is 2. The van der Waals surface area contributed by atoms with Gasteiger partial charge < -0.3 is 15.4 Å². The molecule has 0 aliphatic carbocycles. The minimum absolute atomic E-state index is 0.172. The highest BCUT2D eigenvalue weighted by molar-refractivity contribution is 8.00. The first kappa shape index (κ1) is 24.4. The number of carbonyl (C=O) groups is 2. The average molecular weight is 503 g/mol. The summed E-state index contributed by atoms with van der Waals surface area (Å²) < 4.78 is 5.20. The van der Waals surface area contributed by atoms with E-state index in [1.165, 1.54) is 11.8 Å². The number of halogens is 1. The van der Waals surface area contributed by atoms with Crippen LogP contribution in [0.4, 0.5) is 11.4 Å². The minimum atomic E-state index is -0.514. The van der Waals surface area contributed by atoms with E-state index in [4.69, 9.17) is 16.3 Å². The van der Waals surface area contributed by atoms with Gasteiger partial charge in [0.1, 0.15) is 11.0 Å². The number of benzene rings is 4. The highest BCUT2D eigenvalue weighted by atomic mass is 35.5. The van der Waals surface area contributed by atoms with Crippen LogP contribution in [0, 0.1) is 0 Å². The first-order valence-corrected chi connectivity index (χ1v) is 12.1. The molecule has 0 saturated heterocycles. The molecule has 0 fully saturated rings. The number of anilines is 2. The molecule has 4 rings (SSSR count). The number of ether oxygens (including phenoxy) is 1. The topological polar surface area (TPSA) is 67.4 Å². The maximum Gasteiger partial charge on any atom is 0.255 e. The molecular formula is C28H23ClN2O3S. The van der Waals surface area contributed by atoms with E-state index in [9.17, 15) is 9.59 Å². The van der Waals surface area contributed by atoms with Crippen molar-refractivity contribution in [2.24, 2.45) is 0 Å². The standard InChI is InChI=1S/C28H23ClN2O3S/c1-34-24-14-5-10-20(16-24)27(32)30-23-13-7-15-25(18-23)35-26(19-8-3-2-4-9-19)28(33)31-22-12-6-11-21(29)17-22/h2-18,26H,1H3,(H,30,32)(H,31,33). The summed E-state index contributed by atoms with van der Waals surface area (Å²) in [6.07, 6.45) is 0. The van der Waals surface area contributed by atoms with Crippen LogP contribution in [-0.2, 0) is 4.79 Å². The Morgan fingerprint density at radius 2 is 1.51 bits per heavy atom. The van der Waals surface area contributed by atoms with Gasteiger partial charge in [-0.05, 0) is 60.2 Å². The van der Waals surface area contributed by atoms with Crippen LogP contribution < -0.4 is 15.4 Å². The van der Waals surface area contributed by atoms with E-state index in [0.717, 1.165) is 10.5 Å². The summed E-state index contributed by atoms with van der Waals surface area (Å²) in [5.74, 6) is 0.192. The Labute approximate surface area is 213 Å². The van der Waals surface area contributed by atoms with Crippen LogP contribution in [0.3, 0.4) is 0 Å². The zero-order valence-electron chi connectivity index (χ0n) is 18.9. The molecule has 0 heterocycles. The van der Waals surface area contributed by atoms with E-state index < -0.39 is 5.25 Å². The highest BCUT2D eigenvalue weighted by Crippen LogP contribution is 2.37. The minimum Gasteiger partial charge on any atom is -0.497 e. The SMILES string of the molecule is COc1cccc(C(=O)Nc2cccc(SC(C(=O)Nc3cccc(Cl)c3)c3ccccc3)c2)c1. The van der Waals surface area contributed by atoms with Crippen LogP contribution >= 0.6 is 23.4 Å². The monoisotopic (exact) mass is 502 g/mol. The van der Waals surface area contributed by atoms with Crippen LogP contribution in [0.1, 0.15) is 21.2 Å². The van der Waals surface area contributed by atoms with Gasteiger partial charge in [0.25, 0.3) is 5.91 Å². The molecule has 1 atom stereocenters. The van der Waals surface area contributed by atoms with Crippen molar-refractivity contribution in [3.05, 3.63) is 119 Å². The van der Waals surface area contributed by atoms with E-state index in [-0.39, 0.29) is 11.8 Å². The number of rotatable bonds is 8. The smallest absolute Gasteiger partial charge is 0.255 e. The molecule has 35 heavy (non-hydrogen) atoms. The number of nitrogens with one attached hydrogen (secondary N) is 2. The van der Waals surface area contributed by atoms with E-state index in [0.29, 0.717) is 27.7 Å². The van der Waals surface area contributed by atoms with E-state index in [1.807, 2.05) is 54.6 Å². The second-order valence-electron chi connectivity index (χ2n) is 7.62. The van der Waals surface area contributed by atoms with Crippen molar-refractivity contribution in [2.45, 2.75) is 10.1 Å². The van der Waals surface area contributed by atoms with Gasteiger partial charge in [0.05, 0.1) is 7.11 Å². The van der Waals surface area contributed by atoms with Gasteiger partial charge in [-0.2, -0.15) is 0 Å². The first-order valence-electron chi connectivity index (χ1n) is 10.9. The van der Waals surface area contributed by atoms with Gasteiger partial charge >= 0.3 is 0 Å². The van der Waals surface area contributed by atoms with Crippen molar-refractivity contribution in [1.82, 2.24) is 0 Å². The van der Waals surface area contributed by atoms with Crippen molar-refractivity contribution < 1.29 is 14.3 Å². The second kappa shape index (κ2) is 11.6. The molecule has 4 aromatic carbocycles. The summed E-state index contributed by atoms with van der Waals surface area (Å²) in [6.45, 7) is 0. The molecular weight excluding hydrogens is 480 g/mol. The van der Waals surface area contributed by atoms with Crippen molar-refractivity contribution >= 4 is 46.6 Å². The number of thioether (sulfide) groups is 1. The van der Waals surface area contributed by atoms with E-state index in [1.54, 1.807) is 55.6 Å². The molecule has 0 bridgehead atoms. The molecule has 2 N–H and O–H groups in total. The summed E-state index contributed by atoms with van der Waals surface area (Å²) in [5.41, 5.74) is 2.61. The van der Waals surface area contributed by atoms with Crippen molar-refractivity contribution in [1.29, 1.82) is 0 Å². The molecule has 5 nitrogen and oxygen atoms in total. The zero-order valence-corrected chi connectivity index (χ0v) is 20.5. The van der Waals surface area contributed by atoms with Crippen LogP contribution in [0.25, 0.3) is 0 Å². The molecule has 176 valence electrons. The number of amides is 2. The highest BCUT2D eigenvalue weighted by Gasteiger charge is 2.22. The summed E-state index contributed by atoms with van der Waals surface area (Å²) in [6, 6.07) is 31.0. The van der Waals surface area contributed by atoms with E-state index in [2.05, 4.69) is 10.6 Å². The van der Waals surface area contributed by atoms with Crippen molar-refractivity contribution in [2.75, 3.05) is 17.7 Å². The summed E-state index contributed by atoms with van der Waals surface area (Å²) in [7, 11) is 1.56. The normalized spacial score (nSPS) is 11.4. The Hall–Kier alpha value is -3.74. The Morgan fingerprint density at radius 1 is 0.800 bits per heavy atom. The molecule has 1 unspecified atom stereocenters. The number of hydrogen-bond donors (Lipinski definition) is 2. The summed E-state index contributed by atoms with van der Waals surface area (Å²) >= 11 is 7.48. The second-order valence-corrected chi connectivity index (χ2v) is 9.24. The average Bonchev–Trinajstić information content (AvgIpc) is 2.88. The van der Waals surface area contributed by atoms with Gasteiger partial charge in [0.2, 0.25) is 5.91 Å². The van der Waals surface area contributed by atoms with Crippen LogP contribution in [0.2, 0.25) is 5.02 Å². The Bertz CT molecular complexity index is 1330. The lowest BCUT2D eigenvalue weighted by atomic mass is 10.1. The number of hydrogen-bond acceptors (Lipinski definition) is 4. The van der Waals surface area contributed by atoms with Gasteiger partial charge in [-0.1, -0.05) is 60.1 Å². The molecule has 0 aliphatic heterocycles. The lowest BCUT2D eigenvalue weighted by Crippen LogP contribution is -2.19. The molecule has 0 aromatic heterocycles. The largest absolute Gasteiger partial charge is 0.497 e. The van der Waals surface area contributed by atoms with Crippen LogP contribution in [-0.4, -0.2) is 18.9 Å². The molecule has 4 aromatic rings. The fraction of sp³-hybridized carbons (Fsp3) is 0.0714. The predicted octanol–water partition coefficient (Wildman–Crippen LogP) is 7.07. The third-order valence-corrected chi connectivity index (χ3v) is 6.59. The third kappa shape index (κ3) is 6.66. The Kier molecular flexibility index (Phi) is 8.08. The van der Waals surface area contributed by atoms with Gasteiger partial charge in [-0.3, -0.25) is 9.59 Å². The van der Waals surface area contributed by atoms with Crippen LogP contribution in [0.5, 0.6) is 5.75 Å². The van der Waals surface area contributed by atoms with Crippen LogP contribution in [0.15, 0.2) is 108 Å². The predicted molar refractivity (Wildman–Crippen MR) is 143 cm³/mol. The van der Waals surface area contributed by atoms with Gasteiger partial charge in [-0.25, -0.2) is 0 Å². The van der Waals surface area contributed by atoms with Gasteiger partial charge in [0.15, 0.2) is 0 Å². The third-order valence-electron chi connectivity index (χ3n) is 5.11. The molecule has 0 saturated carbocycles. The first-order chi connectivity index (χ1) is 17.0. The summed E-state index contributed by atoms with van der Waals surface area (Å²) in [4.78, 5) is 26.8. The summed E-state index contributed by atoms with van der Waals surface area (Å²) in [5, 5.41) is 5.90. The van der Waals surface area contributed by atoms with Crippen molar-refractivity contribution in [3.8, 4) is 5.75 Å². The fourth-order valence-corrected chi connectivity index (χ4v) is 4.70. The zero-order chi connectivity index (χ0) is 24.6. The van der Waals surface area contributed by atoms with Gasteiger partial charge in [-0.15, -0.1) is 11.8 Å². The van der Waals surface area contributed by atoms with Crippen molar-refractivity contribution in [3.63, 3.8) is 0 Å². The quantitative estimate of drug-likeness (QED) is 0.253. The van der Waals surface area contributed by atoms with E-state index >= 15 is 0 Å². The Balaban J connectivity index is 1.53. The lowest BCUT2D eigenvalue weighted by molar-refractivity contribution is -0.115. The molecule has 0 radical (unpaired) electrons. The molecule has 2 amide bonds. The lowest BCUT2D eigenvalue weighted by Gasteiger charge is -2.18. The number of methoxy groups -OCH3 is 1. The Morgan fingerprint density at radius 3 is 2.26 bits per heavy atom. The van der Waals surface area contributed by atoms with Gasteiger partial charge in [0, 0.05) is 26.9 Å². The fourth-order valence-electron chi connectivity index (χ4n) is 3.43. The molecule has 0 aliphatic rings. The molecule has 7 heteroatoms.